The van der Waals surface area contributed by atoms with Crippen LogP contribution in [0.15, 0.2) is 18.2 Å². The van der Waals surface area contributed by atoms with Gasteiger partial charge < -0.3 is 15.7 Å². The third-order valence-corrected chi connectivity index (χ3v) is 3.84. The summed E-state index contributed by atoms with van der Waals surface area (Å²) in [7, 11) is 0. The zero-order chi connectivity index (χ0) is 13.9. The molecule has 3 N–H and O–H groups in total. The number of carbonyl (C=O) groups excluding carboxylic acids is 1. The van der Waals surface area contributed by atoms with Crippen LogP contribution in [0.4, 0.5) is 10.5 Å². The Labute approximate surface area is 122 Å². The molecular formula is C13H16Cl2N2O2. The summed E-state index contributed by atoms with van der Waals surface area (Å²) < 4.78 is 0. The predicted octanol–water partition coefficient (Wildman–Crippen LogP) is 3.42. The highest BCUT2D eigenvalue weighted by Crippen LogP contribution is 2.29. The zero-order valence-electron chi connectivity index (χ0n) is 10.4. The summed E-state index contributed by atoms with van der Waals surface area (Å²) >= 11 is 11.7. The highest BCUT2D eigenvalue weighted by Gasteiger charge is 2.31. The lowest BCUT2D eigenvalue weighted by Gasteiger charge is -2.22. The Balaban J connectivity index is 1.87. The lowest BCUT2D eigenvalue weighted by Crippen LogP contribution is -2.42. The van der Waals surface area contributed by atoms with Gasteiger partial charge >= 0.3 is 6.03 Å². The van der Waals surface area contributed by atoms with Crippen LogP contribution in [0.25, 0.3) is 0 Å². The molecule has 1 saturated carbocycles. The molecule has 19 heavy (non-hydrogen) atoms. The van der Waals surface area contributed by atoms with E-state index in [1.165, 1.54) is 0 Å². The number of anilines is 1. The van der Waals surface area contributed by atoms with E-state index in [1.54, 1.807) is 18.2 Å². The molecule has 0 spiro atoms. The molecule has 0 radical (unpaired) electrons. The van der Waals surface area contributed by atoms with Gasteiger partial charge in [-0.15, -0.1) is 0 Å². The van der Waals surface area contributed by atoms with E-state index in [-0.39, 0.29) is 12.6 Å². The quantitative estimate of drug-likeness (QED) is 0.801. The maximum atomic E-state index is 11.7. The molecule has 0 aliphatic heterocycles. The molecular weight excluding hydrogens is 287 g/mol. The van der Waals surface area contributed by atoms with Crippen molar-refractivity contribution in [2.45, 2.75) is 31.3 Å². The van der Waals surface area contributed by atoms with Crippen LogP contribution in [0.2, 0.25) is 10.0 Å². The third-order valence-electron chi connectivity index (χ3n) is 3.29. The number of urea groups is 1. The van der Waals surface area contributed by atoms with E-state index in [0.717, 1.165) is 25.7 Å². The number of benzene rings is 1. The Morgan fingerprint density at radius 1 is 1.32 bits per heavy atom. The SMILES string of the molecule is O=C(NCC1(O)CCCC1)Nc1ccc(Cl)cc1Cl. The van der Waals surface area contributed by atoms with Crippen molar-refractivity contribution in [3.8, 4) is 0 Å². The first-order valence-electron chi connectivity index (χ1n) is 6.21. The topological polar surface area (TPSA) is 61.4 Å². The van der Waals surface area contributed by atoms with E-state index in [9.17, 15) is 9.90 Å². The third kappa shape index (κ3) is 4.00. The Bertz CT molecular complexity index is 474. The molecule has 2 rings (SSSR count). The van der Waals surface area contributed by atoms with Gasteiger partial charge in [0.05, 0.1) is 16.3 Å². The van der Waals surface area contributed by atoms with Crippen LogP contribution in [-0.2, 0) is 0 Å². The van der Waals surface area contributed by atoms with Crippen molar-refractivity contribution in [1.29, 1.82) is 0 Å². The first-order chi connectivity index (χ1) is 8.98. The van der Waals surface area contributed by atoms with Gasteiger partial charge in [-0.05, 0) is 31.0 Å². The Hall–Kier alpha value is -0.970. The molecule has 0 saturated heterocycles. The van der Waals surface area contributed by atoms with Crippen LogP contribution in [0, 0.1) is 0 Å². The molecule has 4 nitrogen and oxygen atoms in total. The molecule has 0 unspecified atom stereocenters. The van der Waals surface area contributed by atoms with Gasteiger partial charge in [0.25, 0.3) is 0 Å². The van der Waals surface area contributed by atoms with Crippen molar-refractivity contribution in [3.05, 3.63) is 28.2 Å². The van der Waals surface area contributed by atoms with Crippen LogP contribution < -0.4 is 10.6 Å². The van der Waals surface area contributed by atoms with Crippen molar-refractivity contribution in [2.75, 3.05) is 11.9 Å². The summed E-state index contributed by atoms with van der Waals surface area (Å²) in [6.07, 6.45) is 3.47. The second-order valence-corrected chi connectivity index (χ2v) is 5.71. The first kappa shape index (κ1) is 14.4. The van der Waals surface area contributed by atoms with E-state index in [4.69, 9.17) is 23.2 Å². The Morgan fingerprint density at radius 3 is 2.63 bits per heavy atom. The number of carbonyl (C=O) groups is 1. The second kappa shape index (κ2) is 5.99. The van der Waals surface area contributed by atoms with Crippen molar-refractivity contribution in [1.82, 2.24) is 5.32 Å². The number of nitrogens with one attached hydrogen (secondary N) is 2. The predicted molar refractivity (Wildman–Crippen MR) is 76.9 cm³/mol. The fraction of sp³-hybridized carbons (Fsp3) is 0.462. The van der Waals surface area contributed by atoms with Crippen LogP contribution in [0.1, 0.15) is 25.7 Å². The minimum atomic E-state index is -0.763. The van der Waals surface area contributed by atoms with Crippen LogP contribution in [0.3, 0.4) is 0 Å². The Kier molecular flexibility index (Phi) is 4.55. The van der Waals surface area contributed by atoms with Gasteiger partial charge in [0.15, 0.2) is 0 Å². The van der Waals surface area contributed by atoms with E-state index < -0.39 is 5.60 Å². The van der Waals surface area contributed by atoms with Gasteiger partial charge in [-0.25, -0.2) is 4.79 Å². The van der Waals surface area contributed by atoms with Crippen LogP contribution in [0.5, 0.6) is 0 Å². The molecule has 1 fully saturated rings. The normalized spacial score (nSPS) is 17.2. The molecule has 6 heteroatoms. The number of rotatable bonds is 3. The van der Waals surface area contributed by atoms with Crippen molar-refractivity contribution < 1.29 is 9.90 Å². The fourth-order valence-electron chi connectivity index (χ4n) is 2.21. The molecule has 1 aromatic rings. The summed E-state index contributed by atoms with van der Waals surface area (Å²) in [6.45, 7) is 0.254. The maximum Gasteiger partial charge on any atom is 0.319 e. The zero-order valence-corrected chi connectivity index (χ0v) is 11.9. The number of hydrogen-bond donors (Lipinski definition) is 3. The Morgan fingerprint density at radius 2 is 2.00 bits per heavy atom. The van der Waals surface area contributed by atoms with E-state index in [1.807, 2.05) is 0 Å². The summed E-state index contributed by atoms with van der Waals surface area (Å²) in [4.78, 5) is 11.7. The van der Waals surface area contributed by atoms with E-state index in [0.29, 0.717) is 15.7 Å². The number of amides is 2. The fourth-order valence-corrected chi connectivity index (χ4v) is 2.67. The van der Waals surface area contributed by atoms with E-state index >= 15 is 0 Å². The van der Waals surface area contributed by atoms with Crippen LogP contribution >= 0.6 is 23.2 Å². The molecule has 1 aromatic carbocycles. The maximum absolute atomic E-state index is 11.7. The highest BCUT2D eigenvalue weighted by atomic mass is 35.5. The summed E-state index contributed by atoms with van der Waals surface area (Å²) in [5.74, 6) is 0. The van der Waals surface area contributed by atoms with Crippen LogP contribution in [-0.4, -0.2) is 23.3 Å². The lowest BCUT2D eigenvalue weighted by atomic mass is 10.0. The molecule has 0 aromatic heterocycles. The highest BCUT2D eigenvalue weighted by molar-refractivity contribution is 6.36. The summed E-state index contributed by atoms with van der Waals surface area (Å²) in [5, 5.41) is 16.3. The molecule has 104 valence electrons. The molecule has 2 amide bonds. The average Bonchev–Trinajstić information content (AvgIpc) is 2.78. The monoisotopic (exact) mass is 302 g/mol. The lowest BCUT2D eigenvalue weighted by molar-refractivity contribution is 0.0506. The largest absolute Gasteiger partial charge is 0.388 e. The molecule has 0 heterocycles. The van der Waals surface area contributed by atoms with Gasteiger partial charge in [0, 0.05) is 11.6 Å². The van der Waals surface area contributed by atoms with Crippen molar-refractivity contribution in [2.24, 2.45) is 0 Å². The molecule has 1 aliphatic rings. The van der Waals surface area contributed by atoms with Gasteiger partial charge in [-0.1, -0.05) is 36.0 Å². The minimum Gasteiger partial charge on any atom is -0.388 e. The van der Waals surface area contributed by atoms with E-state index in [2.05, 4.69) is 10.6 Å². The number of hydrogen-bond acceptors (Lipinski definition) is 2. The minimum absolute atomic E-state index is 0.254. The summed E-state index contributed by atoms with van der Waals surface area (Å²) in [5.41, 5.74) is -0.275. The molecule has 0 atom stereocenters. The van der Waals surface area contributed by atoms with Crippen molar-refractivity contribution >= 4 is 34.9 Å². The van der Waals surface area contributed by atoms with Gasteiger partial charge in [-0.2, -0.15) is 0 Å². The van der Waals surface area contributed by atoms with Gasteiger partial charge in [0.2, 0.25) is 0 Å². The number of aliphatic hydroxyl groups is 1. The molecule has 1 aliphatic carbocycles. The van der Waals surface area contributed by atoms with Crippen molar-refractivity contribution in [3.63, 3.8) is 0 Å². The summed E-state index contributed by atoms with van der Waals surface area (Å²) in [6, 6.07) is 4.45. The number of halogens is 2. The first-order valence-corrected chi connectivity index (χ1v) is 6.96. The van der Waals surface area contributed by atoms with Gasteiger partial charge in [0.1, 0.15) is 0 Å². The standard InChI is InChI=1S/C13H16Cl2N2O2/c14-9-3-4-11(10(15)7-9)17-12(18)16-8-13(19)5-1-2-6-13/h3-4,7,19H,1-2,5-6,8H2,(H2,16,17,18). The van der Waals surface area contributed by atoms with Gasteiger partial charge in [-0.3, -0.25) is 0 Å². The second-order valence-electron chi connectivity index (χ2n) is 4.86. The average molecular weight is 303 g/mol. The molecule has 0 bridgehead atoms. The smallest absolute Gasteiger partial charge is 0.319 e.